The molecule has 4 rings (SSSR count). The van der Waals surface area contributed by atoms with Crippen LogP contribution in [0.5, 0.6) is 0 Å². The van der Waals surface area contributed by atoms with Crippen molar-refractivity contribution in [2.24, 2.45) is 0 Å². The summed E-state index contributed by atoms with van der Waals surface area (Å²) in [7, 11) is 2.03. The van der Waals surface area contributed by atoms with Gasteiger partial charge in [-0.1, -0.05) is 43.2 Å². The average molecular weight is 364 g/mol. The van der Waals surface area contributed by atoms with E-state index in [9.17, 15) is 4.79 Å². The number of rotatable bonds is 4. The van der Waals surface area contributed by atoms with Crippen LogP contribution >= 0.6 is 0 Å². The largest absolute Gasteiger partial charge is 0.344 e. The Morgan fingerprint density at radius 2 is 1.52 bits per heavy atom. The van der Waals surface area contributed by atoms with Gasteiger partial charge in [-0.3, -0.25) is 9.69 Å². The van der Waals surface area contributed by atoms with Crippen LogP contribution in [0.2, 0.25) is 0 Å². The third kappa shape index (κ3) is 3.86. The molecule has 2 fully saturated rings. The number of hydrogen-bond acceptors (Lipinski definition) is 3. The van der Waals surface area contributed by atoms with Gasteiger partial charge in [0.2, 0.25) is 0 Å². The first-order valence-corrected chi connectivity index (χ1v) is 10.1. The number of hydrogen-bond donors (Lipinski definition) is 0. The number of carbonyl (C=O) groups is 1. The van der Waals surface area contributed by atoms with Crippen LogP contribution in [0.3, 0.4) is 0 Å². The smallest absolute Gasteiger partial charge is 0.256 e. The highest BCUT2D eigenvalue weighted by Crippen LogP contribution is 2.29. The van der Waals surface area contributed by atoms with Gasteiger partial charge < -0.3 is 9.80 Å². The number of piperazine rings is 1. The predicted octanol–water partition coefficient (Wildman–Crippen LogP) is 4.15. The van der Waals surface area contributed by atoms with Crippen LogP contribution in [0.15, 0.2) is 54.6 Å². The molecule has 2 aromatic rings. The Labute approximate surface area is 162 Å². The second-order valence-corrected chi connectivity index (χ2v) is 7.68. The predicted molar refractivity (Wildman–Crippen MR) is 111 cm³/mol. The molecule has 0 spiro atoms. The number of amides is 1. The molecule has 0 radical (unpaired) electrons. The highest BCUT2D eigenvalue weighted by atomic mass is 16.2. The fourth-order valence-corrected chi connectivity index (χ4v) is 4.47. The van der Waals surface area contributed by atoms with Crippen molar-refractivity contribution < 1.29 is 4.79 Å². The second kappa shape index (κ2) is 8.13. The van der Waals surface area contributed by atoms with E-state index in [1.807, 2.05) is 54.4 Å². The lowest BCUT2D eigenvalue weighted by Gasteiger charge is -2.38. The Morgan fingerprint density at radius 3 is 2.22 bits per heavy atom. The van der Waals surface area contributed by atoms with Gasteiger partial charge in [-0.2, -0.15) is 0 Å². The molecule has 1 saturated carbocycles. The zero-order valence-electron chi connectivity index (χ0n) is 16.2. The number of anilines is 2. The zero-order chi connectivity index (χ0) is 18.6. The molecule has 4 nitrogen and oxygen atoms in total. The lowest BCUT2D eigenvalue weighted by molar-refractivity contribution is 0.0574. The maximum Gasteiger partial charge on any atom is 0.256 e. The van der Waals surface area contributed by atoms with Crippen LogP contribution in [0.4, 0.5) is 11.4 Å². The number of nitrogens with zero attached hydrogens (tertiary/aromatic N) is 3. The summed E-state index contributed by atoms with van der Waals surface area (Å²) in [6, 6.07) is 18.9. The lowest BCUT2D eigenvalue weighted by Crippen LogP contribution is -2.51. The van der Waals surface area contributed by atoms with E-state index in [1.54, 1.807) is 0 Å². The monoisotopic (exact) mass is 363 g/mol. The van der Waals surface area contributed by atoms with Crippen LogP contribution in [-0.2, 0) is 0 Å². The van der Waals surface area contributed by atoms with Crippen LogP contribution in [0, 0.1) is 0 Å². The van der Waals surface area contributed by atoms with Gasteiger partial charge >= 0.3 is 0 Å². The zero-order valence-corrected chi connectivity index (χ0v) is 16.2. The molecule has 0 atom stereocenters. The van der Waals surface area contributed by atoms with E-state index >= 15 is 0 Å². The normalized spacial score (nSPS) is 18.6. The van der Waals surface area contributed by atoms with Gasteiger partial charge in [0.25, 0.3) is 5.91 Å². The second-order valence-electron chi connectivity index (χ2n) is 7.68. The number of benzene rings is 2. The molecule has 0 N–H and O–H groups in total. The van der Waals surface area contributed by atoms with E-state index in [0.29, 0.717) is 0 Å². The first kappa shape index (κ1) is 18.1. The topological polar surface area (TPSA) is 26.8 Å². The van der Waals surface area contributed by atoms with Gasteiger partial charge in [-0.15, -0.1) is 0 Å². The Morgan fingerprint density at radius 1 is 0.889 bits per heavy atom. The summed E-state index contributed by atoms with van der Waals surface area (Å²) in [6.45, 7) is 3.68. The molecular formula is C23H29N3O. The molecule has 1 saturated heterocycles. The molecule has 142 valence electrons. The molecule has 4 heteroatoms. The highest BCUT2D eigenvalue weighted by Gasteiger charge is 2.29. The molecular weight excluding hydrogens is 334 g/mol. The Bertz CT molecular complexity index is 762. The molecule has 1 aliphatic carbocycles. The minimum atomic E-state index is 0.152. The summed E-state index contributed by atoms with van der Waals surface area (Å²) in [4.78, 5) is 20.0. The third-order valence-corrected chi connectivity index (χ3v) is 6.08. The molecule has 0 unspecified atom stereocenters. The lowest BCUT2D eigenvalue weighted by atomic mass is 10.1. The fourth-order valence-electron chi connectivity index (χ4n) is 4.47. The van der Waals surface area contributed by atoms with Crippen molar-refractivity contribution in [1.29, 1.82) is 0 Å². The van der Waals surface area contributed by atoms with Gasteiger partial charge in [-0.05, 0) is 37.1 Å². The highest BCUT2D eigenvalue weighted by molar-refractivity contribution is 6.00. The first-order valence-electron chi connectivity index (χ1n) is 10.1. The molecule has 1 heterocycles. The average Bonchev–Trinajstić information content (AvgIpc) is 3.28. The Hall–Kier alpha value is -2.33. The van der Waals surface area contributed by atoms with Crippen LogP contribution in [0.1, 0.15) is 36.0 Å². The molecule has 2 aliphatic rings. The molecule has 0 bridgehead atoms. The number of carbonyl (C=O) groups excluding carboxylic acids is 1. The maximum atomic E-state index is 13.3. The first-order chi connectivity index (χ1) is 13.2. The van der Waals surface area contributed by atoms with E-state index in [1.165, 1.54) is 25.7 Å². The molecule has 0 aromatic heterocycles. The van der Waals surface area contributed by atoms with Crippen LogP contribution < -0.4 is 4.90 Å². The Kier molecular flexibility index (Phi) is 5.44. The van der Waals surface area contributed by atoms with Gasteiger partial charge in [0.1, 0.15) is 0 Å². The summed E-state index contributed by atoms with van der Waals surface area (Å²) in [5.41, 5.74) is 2.84. The van der Waals surface area contributed by atoms with Crippen LogP contribution in [0.25, 0.3) is 0 Å². The minimum absolute atomic E-state index is 0.152. The third-order valence-electron chi connectivity index (χ3n) is 6.08. The SMILES string of the molecule is CN(c1ccccc1)c1ccccc1C(=O)N1CCN(C2CCCC2)CC1. The van der Waals surface area contributed by atoms with Crippen molar-refractivity contribution in [3.63, 3.8) is 0 Å². The summed E-state index contributed by atoms with van der Waals surface area (Å²) in [5.74, 6) is 0.152. The summed E-state index contributed by atoms with van der Waals surface area (Å²) < 4.78 is 0. The summed E-state index contributed by atoms with van der Waals surface area (Å²) in [6.07, 6.45) is 5.39. The van der Waals surface area contributed by atoms with Gasteiger partial charge in [0.15, 0.2) is 0 Å². The van der Waals surface area contributed by atoms with Crippen molar-refractivity contribution in [2.45, 2.75) is 31.7 Å². The van der Waals surface area contributed by atoms with Crippen molar-refractivity contribution in [3.8, 4) is 0 Å². The quantitative estimate of drug-likeness (QED) is 0.816. The maximum absolute atomic E-state index is 13.3. The number of para-hydroxylation sites is 2. The van der Waals surface area contributed by atoms with Crippen molar-refractivity contribution >= 4 is 17.3 Å². The Balaban J connectivity index is 1.48. The van der Waals surface area contributed by atoms with E-state index < -0.39 is 0 Å². The van der Waals surface area contributed by atoms with Gasteiger partial charge in [0.05, 0.1) is 11.3 Å². The summed E-state index contributed by atoms with van der Waals surface area (Å²) >= 11 is 0. The molecule has 1 amide bonds. The standard InChI is InChI=1S/C23H29N3O/c1-24(19-9-3-2-4-10-19)22-14-8-7-13-21(22)23(27)26-17-15-25(16-18-26)20-11-5-6-12-20/h2-4,7-10,13-14,20H,5-6,11-12,15-18H2,1H3. The van der Waals surface area contributed by atoms with E-state index in [-0.39, 0.29) is 5.91 Å². The minimum Gasteiger partial charge on any atom is -0.344 e. The van der Waals surface area contributed by atoms with E-state index in [2.05, 4.69) is 21.9 Å². The summed E-state index contributed by atoms with van der Waals surface area (Å²) in [5, 5.41) is 0. The van der Waals surface area contributed by atoms with Crippen molar-refractivity contribution in [2.75, 3.05) is 38.1 Å². The molecule has 2 aromatic carbocycles. The fraction of sp³-hybridized carbons (Fsp3) is 0.435. The van der Waals surface area contributed by atoms with Gasteiger partial charge in [-0.25, -0.2) is 0 Å². The van der Waals surface area contributed by atoms with Gasteiger partial charge in [0, 0.05) is 45.0 Å². The van der Waals surface area contributed by atoms with Crippen molar-refractivity contribution in [1.82, 2.24) is 9.80 Å². The van der Waals surface area contributed by atoms with Crippen LogP contribution in [-0.4, -0.2) is 55.0 Å². The molecule has 27 heavy (non-hydrogen) atoms. The van der Waals surface area contributed by atoms with E-state index in [4.69, 9.17) is 0 Å². The molecule has 1 aliphatic heterocycles. The van der Waals surface area contributed by atoms with E-state index in [0.717, 1.165) is 49.2 Å². The van der Waals surface area contributed by atoms with Crippen molar-refractivity contribution in [3.05, 3.63) is 60.2 Å².